The second-order valence-corrected chi connectivity index (χ2v) is 9.39. The third-order valence-electron chi connectivity index (χ3n) is 4.87. The van der Waals surface area contributed by atoms with Gasteiger partial charge in [0.15, 0.2) is 5.78 Å². The number of benzene rings is 2. The molecule has 2 aromatic rings. The molecule has 3 heteroatoms. The van der Waals surface area contributed by atoms with Crippen LogP contribution in [-0.4, -0.2) is 25.1 Å². The SMILES string of the molecule is CC(C)(C)c1cccc(C(=O)c2ccc(C(C)(C)C)c(OCC3CO3)c2)c1. The average molecular weight is 367 g/mol. The number of ketones is 1. The lowest BCUT2D eigenvalue weighted by atomic mass is 9.84. The first-order valence-corrected chi connectivity index (χ1v) is 9.60. The molecule has 0 spiro atoms. The summed E-state index contributed by atoms with van der Waals surface area (Å²) in [5.74, 6) is 0.796. The van der Waals surface area contributed by atoms with Crippen LogP contribution in [0.4, 0.5) is 0 Å². The minimum Gasteiger partial charge on any atom is -0.490 e. The van der Waals surface area contributed by atoms with Gasteiger partial charge in [0, 0.05) is 11.1 Å². The highest BCUT2D eigenvalue weighted by molar-refractivity contribution is 6.09. The van der Waals surface area contributed by atoms with Crippen LogP contribution in [-0.2, 0) is 15.6 Å². The van der Waals surface area contributed by atoms with Crippen molar-refractivity contribution in [3.8, 4) is 5.75 Å². The number of rotatable bonds is 5. The Kier molecular flexibility index (Phi) is 5.18. The van der Waals surface area contributed by atoms with Crippen LogP contribution >= 0.6 is 0 Å². The van der Waals surface area contributed by atoms with E-state index in [0.717, 1.165) is 23.5 Å². The van der Waals surface area contributed by atoms with E-state index < -0.39 is 0 Å². The first-order valence-electron chi connectivity index (χ1n) is 9.60. The predicted octanol–water partition coefficient (Wildman–Crippen LogP) is 5.29. The van der Waals surface area contributed by atoms with Crippen LogP contribution in [0.15, 0.2) is 42.5 Å². The van der Waals surface area contributed by atoms with Crippen LogP contribution < -0.4 is 4.74 Å². The molecule has 0 N–H and O–H groups in total. The molecule has 1 aliphatic rings. The fraction of sp³-hybridized carbons (Fsp3) is 0.458. The molecular formula is C24H30O3. The van der Waals surface area contributed by atoms with Crippen LogP contribution in [0.1, 0.15) is 68.6 Å². The lowest BCUT2D eigenvalue weighted by Gasteiger charge is -2.23. The normalized spacial score (nSPS) is 16.9. The molecule has 1 atom stereocenters. The maximum Gasteiger partial charge on any atom is 0.193 e. The second kappa shape index (κ2) is 7.12. The van der Waals surface area contributed by atoms with Gasteiger partial charge in [-0.1, -0.05) is 71.9 Å². The first kappa shape index (κ1) is 19.6. The fourth-order valence-corrected chi connectivity index (χ4v) is 3.04. The van der Waals surface area contributed by atoms with Gasteiger partial charge in [0.1, 0.15) is 18.5 Å². The van der Waals surface area contributed by atoms with E-state index in [9.17, 15) is 4.79 Å². The second-order valence-electron chi connectivity index (χ2n) is 9.39. The van der Waals surface area contributed by atoms with Crippen LogP contribution in [0, 0.1) is 0 Å². The third kappa shape index (κ3) is 4.78. The van der Waals surface area contributed by atoms with Gasteiger partial charge < -0.3 is 9.47 Å². The summed E-state index contributed by atoms with van der Waals surface area (Å²) < 4.78 is 11.3. The average Bonchev–Trinajstić information content (AvgIpc) is 3.42. The van der Waals surface area contributed by atoms with Gasteiger partial charge in [-0.15, -0.1) is 0 Å². The van der Waals surface area contributed by atoms with E-state index in [-0.39, 0.29) is 22.7 Å². The maximum absolute atomic E-state index is 13.1. The molecule has 0 aromatic heterocycles. The maximum atomic E-state index is 13.1. The van der Waals surface area contributed by atoms with Crippen molar-refractivity contribution in [1.82, 2.24) is 0 Å². The van der Waals surface area contributed by atoms with E-state index in [0.29, 0.717) is 17.7 Å². The molecule has 3 rings (SSSR count). The van der Waals surface area contributed by atoms with Crippen molar-refractivity contribution < 1.29 is 14.3 Å². The van der Waals surface area contributed by atoms with E-state index in [1.54, 1.807) is 0 Å². The predicted molar refractivity (Wildman–Crippen MR) is 109 cm³/mol. The Hall–Kier alpha value is -2.13. The Morgan fingerprint density at radius 3 is 2.26 bits per heavy atom. The fourth-order valence-electron chi connectivity index (χ4n) is 3.04. The Bertz CT molecular complexity index is 833. The topological polar surface area (TPSA) is 38.8 Å². The summed E-state index contributed by atoms with van der Waals surface area (Å²) in [7, 11) is 0. The van der Waals surface area contributed by atoms with Crippen molar-refractivity contribution >= 4 is 5.78 Å². The molecule has 0 radical (unpaired) electrons. The largest absolute Gasteiger partial charge is 0.490 e. The van der Waals surface area contributed by atoms with Crippen molar-refractivity contribution in [2.45, 2.75) is 58.5 Å². The van der Waals surface area contributed by atoms with Gasteiger partial charge in [-0.3, -0.25) is 4.79 Å². The molecule has 0 aliphatic carbocycles. The standard InChI is InChI=1S/C24H30O3/c1-23(2,3)18-9-7-8-16(12-18)22(25)17-10-11-20(24(4,5)6)21(13-17)27-15-19-14-26-19/h7-13,19H,14-15H2,1-6H3. The number of carbonyl (C=O) groups excluding carboxylic acids is 1. The van der Waals surface area contributed by atoms with Crippen molar-refractivity contribution in [2.75, 3.05) is 13.2 Å². The molecule has 144 valence electrons. The van der Waals surface area contributed by atoms with E-state index in [1.807, 2.05) is 36.4 Å². The number of epoxide rings is 1. The smallest absolute Gasteiger partial charge is 0.193 e. The lowest BCUT2D eigenvalue weighted by molar-refractivity contribution is 0.103. The molecule has 3 nitrogen and oxygen atoms in total. The highest BCUT2D eigenvalue weighted by Crippen LogP contribution is 2.33. The van der Waals surface area contributed by atoms with E-state index >= 15 is 0 Å². The molecule has 1 heterocycles. The summed E-state index contributed by atoms with van der Waals surface area (Å²) in [5, 5.41) is 0. The Balaban J connectivity index is 1.93. The van der Waals surface area contributed by atoms with Gasteiger partial charge in [0.25, 0.3) is 0 Å². The first-order chi connectivity index (χ1) is 12.6. The summed E-state index contributed by atoms with van der Waals surface area (Å²) in [6.07, 6.45) is 0.181. The Labute approximate surface area is 162 Å². The zero-order chi connectivity index (χ0) is 19.8. The summed E-state index contributed by atoms with van der Waals surface area (Å²) in [6.45, 7) is 14.2. The van der Waals surface area contributed by atoms with Gasteiger partial charge in [0.05, 0.1) is 6.61 Å². The monoisotopic (exact) mass is 366 g/mol. The van der Waals surface area contributed by atoms with Crippen LogP contribution in [0.5, 0.6) is 5.75 Å². The van der Waals surface area contributed by atoms with Crippen LogP contribution in [0.25, 0.3) is 0 Å². The van der Waals surface area contributed by atoms with E-state index in [2.05, 4.69) is 47.6 Å². The van der Waals surface area contributed by atoms with Crippen LogP contribution in [0.2, 0.25) is 0 Å². The summed E-state index contributed by atoms with van der Waals surface area (Å²) in [5.41, 5.74) is 3.56. The number of carbonyl (C=O) groups is 1. The van der Waals surface area contributed by atoms with Gasteiger partial charge in [-0.2, -0.15) is 0 Å². The molecular weight excluding hydrogens is 336 g/mol. The van der Waals surface area contributed by atoms with Gasteiger partial charge >= 0.3 is 0 Å². The lowest BCUT2D eigenvalue weighted by Crippen LogP contribution is -2.16. The number of ether oxygens (including phenoxy) is 2. The van der Waals surface area contributed by atoms with E-state index in [1.165, 1.54) is 0 Å². The minimum atomic E-state index is -0.0620. The zero-order valence-corrected chi connectivity index (χ0v) is 17.3. The van der Waals surface area contributed by atoms with Gasteiger partial charge in [-0.25, -0.2) is 0 Å². The Morgan fingerprint density at radius 1 is 1.00 bits per heavy atom. The third-order valence-corrected chi connectivity index (χ3v) is 4.87. The van der Waals surface area contributed by atoms with E-state index in [4.69, 9.17) is 9.47 Å². The molecule has 0 saturated carbocycles. The molecule has 0 amide bonds. The van der Waals surface area contributed by atoms with Crippen molar-refractivity contribution in [3.63, 3.8) is 0 Å². The number of hydrogen-bond donors (Lipinski definition) is 0. The molecule has 2 aromatic carbocycles. The molecule has 1 aliphatic heterocycles. The van der Waals surface area contributed by atoms with Gasteiger partial charge in [0.2, 0.25) is 0 Å². The minimum absolute atomic E-state index is 0.00488. The Morgan fingerprint density at radius 2 is 1.67 bits per heavy atom. The van der Waals surface area contributed by atoms with Crippen molar-refractivity contribution in [3.05, 3.63) is 64.7 Å². The molecule has 1 fully saturated rings. The highest BCUT2D eigenvalue weighted by atomic mass is 16.6. The molecule has 1 unspecified atom stereocenters. The summed E-state index contributed by atoms with van der Waals surface area (Å²) in [6, 6.07) is 13.7. The molecule has 1 saturated heterocycles. The highest BCUT2D eigenvalue weighted by Gasteiger charge is 2.26. The quantitative estimate of drug-likeness (QED) is 0.533. The van der Waals surface area contributed by atoms with Crippen LogP contribution in [0.3, 0.4) is 0 Å². The summed E-state index contributed by atoms with van der Waals surface area (Å²) >= 11 is 0. The zero-order valence-electron chi connectivity index (χ0n) is 17.3. The molecule has 0 bridgehead atoms. The van der Waals surface area contributed by atoms with Crippen molar-refractivity contribution in [1.29, 1.82) is 0 Å². The molecule has 27 heavy (non-hydrogen) atoms. The summed E-state index contributed by atoms with van der Waals surface area (Å²) in [4.78, 5) is 13.1. The van der Waals surface area contributed by atoms with Crippen molar-refractivity contribution in [2.24, 2.45) is 0 Å². The number of hydrogen-bond acceptors (Lipinski definition) is 3. The van der Waals surface area contributed by atoms with Gasteiger partial charge in [-0.05, 0) is 34.1 Å².